The van der Waals surface area contributed by atoms with Crippen molar-refractivity contribution in [1.29, 1.82) is 0 Å². The van der Waals surface area contributed by atoms with Gasteiger partial charge < -0.3 is 14.9 Å². The molecule has 0 saturated carbocycles. The van der Waals surface area contributed by atoms with Crippen LogP contribution in [0.2, 0.25) is 0 Å². The molecule has 2 amide bonds. The molecule has 3 heterocycles. The maximum atomic E-state index is 13.6. The van der Waals surface area contributed by atoms with Crippen molar-refractivity contribution in [1.82, 2.24) is 14.7 Å². The number of carbonyl (C=O) groups is 2. The Bertz CT molecular complexity index is 1250. The van der Waals surface area contributed by atoms with Crippen molar-refractivity contribution in [3.8, 4) is 5.69 Å². The molecule has 0 bridgehead atoms. The van der Waals surface area contributed by atoms with E-state index in [2.05, 4.69) is 5.10 Å². The number of aromatic nitrogens is 2. The van der Waals surface area contributed by atoms with Gasteiger partial charge >= 0.3 is 0 Å². The van der Waals surface area contributed by atoms with E-state index >= 15 is 0 Å². The summed E-state index contributed by atoms with van der Waals surface area (Å²) in [5.41, 5.74) is 6.08. The van der Waals surface area contributed by atoms with E-state index in [-0.39, 0.29) is 24.5 Å². The molecule has 1 N–H and O–H groups in total. The lowest BCUT2D eigenvalue weighted by molar-refractivity contribution is -0.119. The fraction of sp³-hybridized carbons (Fsp3) is 0.370. The van der Waals surface area contributed by atoms with Gasteiger partial charge in [-0.15, -0.1) is 0 Å². The first kappa shape index (κ1) is 23.3. The zero-order valence-corrected chi connectivity index (χ0v) is 20.4. The quantitative estimate of drug-likeness (QED) is 0.616. The molecule has 8 nitrogen and oxygen atoms in total. The summed E-state index contributed by atoms with van der Waals surface area (Å²) < 4.78 is 1.76. The predicted octanol–water partition coefficient (Wildman–Crippen LogP) is 2.72. The number of carbonyl (C=O) groups excluding carboxylic acids is 2. The first-order chi connectivity index (χ1) is 16.8. The Kier molecular flexibility index (Phi) is 6.17. The molecular weight excluding hydrogens is 442 g/mol. The largest absolute Gasteiger partial charge is 0.392 e. The number of rotatable bonds is 5. The van der Waals surface area contributed by atoms with Gasteiger partial charge in [-0.1, -0.05) is 17.7 Å². The SMILES string of the molecule is Cc1ccc(-n2nc(C)c3c2C(=O)N(c2ccc(N(C)C(=O)CN4CC[C@@H](O)C4)cc2)CC3)cc1. The number of nitrogens with zero attached hydrogens (tertiary/aromatic N) is 5. The Balaban J connectivity index is 1.34. The lowest BCUT2D eigenvalue weighted by Crippen LogP contribution is -2.39. The number of likely N-dealkylation sites (N-methyl/N-ethyl adjacent to an activating group) is 1. The summed E-state index contributed by atoms with van der Waals surface area (Å²) in [6.45, 7) is 6.12. The van der Waals surface area contributed by atoms with Crippen molar-refractivity contribution < 1.29 is 14.7 Å². The van der Waals surface area contributed by atoms with Crippen LogP contribution in [0.15, 0.2) is 48.5 Å². The third-order valence-corrected chi connectivity index (χ3v) is 7.03. The van der Waals surface area contributed by atoms with Gasteiger partial charge in [-0.25, -0.2) is 4.68 Å². The van der Waals surface area contributed by atoms with E-state index in [0.717, 1.165) is 46.8 Å². The molecule has 1 fully saturated rings. The highest BCUT2D eigenvalue weighted by molar-refractivity contribution is 6.07. The molecule has 0 unspecified atom stereocenters. The molecule has 1 saturated heterocycles. The topological polar surface area (TPSA) is 81.9 Å². The summed E-state index contributed by atoms with van der Waals surface area (Å²) >= 11 is 0. The third kappa shape index (κ3) is 4.47. The van der Waals surface area contributed by atoms with Crippen LogP contribution in [-0.4, -0.2) is 70.9 Å². The summed E-state index contributed by atoms with van der Waals surface area (Å²) in [6, 6.07) is 15.5. The van der Waals surface area contributed by atoms with Crippen molar-refractivity contribution in [2.24, 2.45) is 0 Å². The number of likely N-dealkylation sites (tertiary alicyclic amines) is 1. The van der Waals surface area contributed by atoms with Crippen LogP contribution in [0.5, 0.6) is 0 Å². The molecule has 2 aromatic carbocycles. The number of β-amino-alcohol motifs (C(OH)–C–C–N with tert-alkyl or cyclic N) is 1. The van der Waals surface area contributed by atoms with Gasteiger partial charge in [0.15, 0.2) is 0 Å². The van der Waals surface area contributed by atoms with E-state index in [1.54, 1.807) is 21.5 Å². The van der Waals surface area contributed by atoms with Crippen molar-refractivity contribution in [2.45, 2.75) is 32.8 Å². The second-order valence-corrected chi connectivity index (χ2v) is 9.51. The van der Waals surface area contributed by atoms with Crippen molar-refractivity contribution >= 4 is 23.2 Å². The molecule has 0 spiro atoms. The van der Waals surface area contributed by atoms with Crippen LogP contribution in [0.25, 0.3) is 5.69 Å². The van der Waals surface area contributed by atoms with Crippen LogP contribution in [-0.2, 0) is 11.2 Å². The highest BCUT2D eigenvalue weighted by Crippen LogP contribution is 2.29. The fourth-order valence-corrected chi connectivity index (χ4v) is 4.90. The van der Waals surface area contributed by atoms with Crippen LogP contribution in [0, 0.1) is 13.8 Å². The van der Waals surface area contributed by atoms with E-state index in [9.17, 15) is 14.7 Å². The molecule has 0 aliphatic carbocycles. The fourth-order valence-electron chi connectivity index (χ4n) is 4.90. The number of hydrogen-bond donors (Lipinski definition) is 1. The molecule has 182 valence electrons. The van der Waals surface area contributed by atoms with Crippen LogP contribution in [0.3, 0.4) is 0 Å². The van der Waals surface area contributed by atoms with E-state index < -0.39 is 0 Å². The minimum absolute atomic E-state index is 0.0250. The minimum Gasteiger partial charge on any atom is -0.392 e. The van der Waals surface area contributed by atoms with Crippen LogP contribution < -0.4 is 9.80 Å². The Labute approximate surface area is 205 Å². The summed E-state index contributed by atoms with van der Waals surface area (Å²) in [5.74, 6) is -0.0970. The molecule has 8 heteroatoms. The maximum absolute atomic E-state index is 13.6. The van der Waals surface area contributed by atoms with Crippen LogP contribution >= 0.6 is 0 Å². The minimum atomic E-state index is -0.346. The van der Waals surface area contributed by atoms with Gasteiger partial charge in [0.2, 0.25) is 5.91 Å². The number of aliphatic hydroxyl groups excluding tert-OH is 1. The average molecular weight is 474 g/mol. The summed E-state index contributed by atoms with van der Waals surface area (Å²) in [4.78, 5) is 31.7. The first-order valence-corrected chi connectivity index (χ1v) is 12.1. The molecule has 3 aromatic rings. The Morgan fingerprint density at radius 2 is 1.74 bits per heavy atom. The highest BCUT2D eigenvalue weighted by atomic mass is 16.3. The van der Waals surface area contributed by atoms with E-state index in [1.165, 1.54) is 0 Å². The number of benzene rings is 2. The lowest BCUT2D eigenvalue weighted by atomic mass is 10.0. The zero-order chi connectivity index (χ0) is 24.7. The Hall–Kier alpha value is -3.49. The van der Waals surface area contributed by atoms with Gasteiger partial charge in [-0.2, -0.15) is 5.10 Å². The van der Waals surface area contributed by atoms with Gasteiger partial charge in [-0.3, -0.25) is 14.5 Å². The Morgan fingerprint density at radius 3 is 2.40 bits per heavy atom. The smallest absolute Gasteiger partial charge is 0.277 e. The molecule has 2 aliphatic rings. The first-order valence-electron chi connectivity index (χ1n) is 12.1. The molecule has 2 aliphatic heterocycles. The van der Waals surface area contributed by atoms with Crippen LogP contribution in [0.1, 0.15) is 33.7 Å². The second kappa shape index (κ2) is 9.28. The number of anilines is 2. The van der Waals surface area contributed by atoms with Crippen molar-refractivity contribution in [2.75, 3.05) is 43.0 Å². The zero-order valence-electron chi connectivity index (χ0n) is 20.4. The third-order valence-electron chi connectivity index (χ3n) is 7.03. The number of amides is 2. The van der Waals surface area contributed by atoms with E-state index in [1.807, 2.05) is 67.3 Å². The summed E-state index contributed by atoms with van der Waals surface area (Å²) in [5, 5.41) is 14.4. The van der Waals surface area contributed by atoms with Crippen molar-refractivity contribution in [3.63, 3.8) is 0 Å². The molecule has 5 rings (SSSR count). The van der Waals surface area contributed by atoms with E-state index in [0.29, 0.717) is 25.2 Å². The van der Waals surface area contributed by atoms with Crippen LogP contribution in [0.4, 0.5) is 11.4 Å². The van der Waals surface area contributed by atoms with E-state index in [4.69, 9.17) is 0 Å². The summed E-state index contributed by atoms with van der Waals surface area (Å²) in [7, 11) is 1.76. The normalized spacial score (nSPS) is 18.1. The second-order valence-electron chi connectivity index (χ2n) is 9.51. The number of hydrogen-bond acceptors (Lipinski definition) is 5. The summed E-state index contributed by atoms with van der Waals surface area (Å²) in [6.07, 6.45) is 1.10. The highest BCUT2D eigenvalue weighted by Gasteiger charge is 2.32. The monoisotopic (exact) mass is 473 g/mol. The predicted molar refractivity (Wildman–Crippen MR) is 135 cm³/mol. The Morgan fingerprint density at radius 1 is 1.06 bits per heavy atom. The number of fused-ring (bicyclic) bond motifs is 1. The molecule has 0 radical (unpaired) electrons. The molecular formula is C27H31N5O3. The van der Waals surface area contributed by atoms with Gasteiger partial charge in [0.05, 0.1) is 24.0 Å². The van der Waals surface area contributed by atoms with Gasteiger partial charge in [-0.05, 0) is 63.1 Å². The number of aryl methyl sites for hydroxylation is 2. The lowest BCUT2D eigenvalue weighted by Gasteiger charge is -2.28. The molecule has 1 atom stereocenters. The van der Waals surface area contributed by atoms with Gasteiger partial charge in [0, 0.05) is 43.6 Å². The standard InChI is InChI=1S/C27H31N5O3/c1-18-4-6-22(7-5-18)32-26-24(19(2)28-32)13-15-31(27(26)35)21-10-8-20(9-11-21)29(3)25(34)17-30-14-12-23(33)16-30/h4-11,23,33H,12-17H2,1-3H3/t23-/m1/s1. The molecule has 1 aromatic heterocycles. The van der Waals surface area contributed by atoms with Crippen molar-refractivity contribution in [3.05, 3.63) is 71.0 Å². The molecule has 35 heavy (non-hydrogen) atoms. The maximum Gasteiger partial charge on any atom is 0.277 e. The van der Waals surface area contributed by atoms with Gasteiger partial charge in [0.1, 0.15) is 5.69 Å². The van der Waals surface area contributed by atoms with Gasteiger partial charge in [0.25, 0.3) is 5.91 Å². The average Bonchev–Trinajstić information content (AvgIpc) is 3.42. The number of aliphatic hydroxyl groups is 1.